The highest BCUT2D eigenvalue weighted by molar-refractivity contribution is 6.21. The molecule has 1 aliphatic rings. The fourth-order valence-corrected chi connectivity index (χ4v) is 3.31. The number of carbonyl (C=O) groups excluding carboxylic acids is 2. The van der Waals surface area contributed by atoms with Crippen molar-refractivity contribution < 1.29 is 24.2 Å². The molecule has 0 saturated carbocycles. The number of hydrogen-bond acceptors (Lipinski definition) is 4. The third-order valence-corrected chi connectivity index (χ3v) is 4.81. The molecule has 7 heteroatoms. The lowest BCUT2D eigenvalue weighted by atomic mass is 10.1. The first kappa shape index (κ1) is 20.4. The van der Waals surface area contributed by atoms with E-state index in [1.165, 1.54) is 4.90 Å². The van der Waals surface area contributed by atoms with Crippen LogP contribution >= 0.6 is 0 Å². The molecule has 0 aromatic heterocycles. The summed E-state index contributed by atoms with van der Waals surface area (Å²) in [6.07, 6.45) is -1.13. The molecule has 0 aliphatic carbocycles. The van der Waals surface area contributed by atoms with Gasteiger partial charge in [0, 0.05) is 12.1 Å². The minimum Gasteiger partial charge on any atom is -0.491 e. The van der Waals surface area contributed by atoms with Crippen LogP contribution in [0.1, 0.15) is 41.5 Å². The van der Waals surface area contributed by atoms with E-state index in [1.807, 2.05) is 18.2 Å². The first-order valence-electron chi connectivity index (χ1n) is 9.35. The van der Waals surface area contributed by atoms with Gasteiger partial charge in [-0.2, -0.15) is 0 Å². The molecule has 0 saturated heterocycles. The zero-order valence-corrected chi connectivity index (χ0v) is 16.7. The molecule has 152 valence electrons. The fourth-order valence-electron chi connectivity index (χ4n) is 3.31. The van der Waals surface area contributed by atoms with Gasteiger partial charge in [-0.15, -0.1) is 0 Å². The van der Waals surface area contributed by atoms with Crippen LogP contribution < -0.4 is 4.74 Å². The topological polar surface area (TPSA) is 87.2 Å². The lowest BCUT2D eigenvalue weighted by molar-refractivity contribution is 0.0381. The van der Waals surface area contributed by atoms with E-state index in [0.29, 0.717) is 16.9 Å². The molecule has 1 aliphatic heterocycles. The summed E-state index contributed by atoms with van der Waals surface area (Å²) < 4.78 is 5.80. The van der Waals surface area contributed by atoms with Gasteiger partial charge >= 0.3 is 6.09 Å². The van der Waals surface area contributed by atoms with E-state index in [-0.39, 0.29) is 13.2 Å². The van der Waals surface area contributed by atoms with Crippen LogP contribution in [-0.2, 0) is 0 Å². The van der Waals surface area contributed by atoms with Gasteiger partial charge in [0.1, 0.15) is 12.4 Å². The molecule has 2 aromatic carbocycles. The van der Waals surface area contributed by atoms with E-state index in [9.17, 15) is 19.5 Å². The van der Waals surface area contributed by atoms with E-state index < -0.39 is 29.5 Å². The van der Waals surface area contributed by atoms with Gasteiger partial charge in [0.05, 0.1) is 17.2 Å². The van der Waals surface area contributed by atoms with Crippen LogP contribution in [0.15, 0.2) is 54.6 Å². The Morgan fingerprint density at radius 2 is 1.52 bits per heavy atom. The van der Waals surface area contributed by atoms with Crippen LogP contribution in [0.2, 0.25) is 0 Å². The Bertz CT molecular complexity index is 885. The molecule has 2 aromatic rings. The highest BCUT2D eigenvalue weighted by Crippen LogP contribution is 2.26. The molecular weight excluding hydrogens is 372 g/mol. The molecule has 0 fully saturated rings. The van der Waals surface area contributed by atoms with Gasteiger partial charge in [-0.1, -0.05) is 30.3 Å². The van der Waals surface area contributed by atoms with Crippen molar-refractivity contribution >= 4 is 17.9 Å². The third kappa shape index (κ3) is 4.23. The Balaban J connectivity index is 1.91. The largest absolute Gasteiger partial charge is 0.491 e. The fraction of sp³-hybridized carbons (Fsp3) is 0.318. The maximum atomic E-state index is 12.9. The number of rotatable bonds is 6. The number of nitrogens with zero attached hydrogens (tertiary/aromatic N) is 2. The van der Waals surface area contributed by atoms with Crippen LogP contribution in [0.5, 0.6) is 5.75 Å². The van der Waals surface area contributed by atoms with Crippen LogP contribution in [0.4, 0.5) is 4.79 Å². The standard InChI is InChI=1S/C22H24N2O5/c1-22(2,3)23(21(27)28)13-15(14-29-16-9-5-4-6-10-16)24-19(25)17-11-7-8-12-18(17)20(24)26/h4-12,15H,13-14H2,1-3H3,(H,27,28). The summed E-state index contributed by atoms with van der Waals surface area (Å²) in [5.74, 6) is -0.301. The zero-order valence-electron chi connectivity index (χ0n) is 16.7. The Kier molecular flexibility index (Phi) is 5.59. The second kappa shape index (κ2) is 7.95. The van der Waals surface area contributed by atoms with Gasteiger partial charge in [-0.25, -0.2) is 4.79 Å². The minimum atomic E-state index is -1.13. The summed E-state index contributed by atoms with van der Waals surface area (Å²) in [7, 11) is 0. The Hall–Kier alpha value is -3.35. The van der Waals surface area contributed by atoms with E-state index in [4.69, 9.17) is 4.74 Å². The Morgan fingerprint density at radius 1 is 1.00 bits per heavy atom. The zero-order chi connectivity index (χ0) is 21.2. The maximum Gasteiger partial charge on any atom is 0.407 e. The SMILES string of the molecule is CC(C)(C)N(CC(COc1ccccc1)N1C(=O)c2ccccc2C1=O)C(=O)O. The molecular formula is C22H24N2O5. The second-order valence-corrected chi connectivity index (χ2v) is 7.87. The predicted molar refractivity (Wildman–Crippen MR) is 107 cm³/mol. The van der Waals surface area contributed by atoms with E-state index in [1.54, 1.807) is 57.2 Å². The summed E-state index contributed by atoms with van der Waals surface area (Å²) in [6, 6.07) is 14.8. The van der Waals surface area contributed by atoms with Crippen molar-refractivity contribution in [2.75, 3.05) is 13.2 Å². The van der Waals surface area contributed by atoms with E-state index in [2.05, 4.69) is 0 Å². The number of carboxylic acid groups (broad SMARTS) is 1. The molecule has 7 nitrogen and oxygen atoms in total. The van der Waals surface area contributed by atoms with Crippen LogP contribution in [0, 0.1) is 0 Å². The number of benzene rings is 2. The van der Waals surface area contributed by atoms with Crippen molar-refractivity contribution in [2.45, 2.75) is 32.4 Å². The molecule has 0 bridgehead atoms. The average molecular weight is 396 g/mol. The van der Waals surface area contributed by atoms with Crippen LogP contribution in [0.3, 0.4) is 0 Å². The maximum absolute atomic E-state index is 12.9. The van der Waals surface area contributed by atoms with E-state index in [0.717, 1.165) is 4.90 Å². The lowest BCUT2D eigenvalue weighted by Crippen LogP contribution is -2.55. The van der Waals surface area contributed by atoms with Gasteiger partial charge in [0.15, 0.2) is 0 Å². The van der Waals surface area contributed by atoms with Crippen molar-refractivity contribution in [2.24, 2.45) is 0 Å². The number of imide groups is 1. The van der Waals surface area contributed by atoms with Crippen molar-refractivity contribution in [1.82, 2.24) is 9.80 Å². The predicted octanol–water partition coefficient (Wildman–Crippen LogP) is 3.51. The molecule has 1 N–H and O–H groups in total. The van der Waals surface area contributed by atoms with Crippen LogP contribution in [0.25, 0.3) is 0 Å². The smallest absolute Gasteiger partial charge is 0.407 e. The number of hydrogen-bond donors (Lipinski definition) is 1. The van der Waals surface area contributed by atoms with Gasteiger partial charge < -0.3 is 14.7 Å². The first-order chi connectivity index (χ1) is 13.7. The molecule has 3 rings (SSSR count). The van der Waals surface area contributed by atoms with Gasteiger partial charge in [0.25, 0.3) is 11.8 Å². The molecule has 0 spiro atoms. The molecule has 1 atom stereocenters. The molecule has 1 heterocycles. The monoisotopic (exact) mass is 396 g/mol. The summed E-state index contributed by atoms with van der Waals surface area (Å²) in [4.78, 5) is 40.1. The normalized spacial score (nSPS) is 14.5. The number of fused-ring (bicyclic) bond motifs is 1. The molecule has 1 unspecified atom stereocenters. The van der Waals surface area contributed by atoms with Gasteiger partial charge in [-0.05, 0) is 45.0 Å². The highest BCUT2D eigenvalue weighted by atomic mass is 16.5. The van der Waals surface area contributed by atoms with Crippen molar-refractivity contribution in [3.63, 3.8) is 0 Å². The van der Waals surface area contributed by atoms with Crippen LogP contribution in [-0.4, -0.2) is 57.5 Å². The molecule has 3 amide bonds. The summed E-state index contributed by atoms with van der Waals surface area (Å²) in [5.41, 5.74) is -0.0742. The molecule has 0 radical (unpaired) electrons. The van der Waals surface area contributed by atoms with Gasteiger partial charge in [-0.3, -0.25) is 14.5 Å². The quantitative estimate of drug-likeness (QED) is 0.755. The molecule has 29 heavy (non-hydrogen) atoms. The van der Waals surface area contributed by atoms with Crippen molar-refractivity contribution in [3.8, 4) is 5.75 Å². The average Bonchev–Trinajstić information content (AvgIpc) is 2.93. The Labute approximate surface area is 169 Å². The first-order valence-corrected chi connectivity index (χ1v) is 9.35. The number of para-hydroxylation sites is 1. The Morgan fingerprint density at radius 3 is 2.00 bits per heavy atom. The summed E-state index contributed by atoms with van der Waals surface area (Å²) in [5, 5.41) is 9.69. The number of amides is 3. The lowest BCUT2D eigenvalue weighted by Gasteiger charge is -2.37. The number of ether oxygens (including phenoxy) is 1. The third-order valence-electron chi connectivity index (χ3n) is 4.81. The second-order valence-electron chi connectivity index (χ2n) is 7.87. The van der Waals surface area contributed by atoms with E-state index >= 15 is 0 Å². The highest BCUT2D eigenvalue weighted by Gasteiger charge is 2.42. The summed E-state index contributed by atoms with van der Waals surface area (Å²) >= 11 is 0. The number of carbonyl (C=O) groups is 3. The van der Waals surface area contributed by atoms with Crippen molar-refractivity contribution in [1.29, 1.82) is 0 Å². The minimum absolute atomic E-state index is 0.0185. The van der Waals surface area contributed by atoms with Gasteiger partial charge in [0.2, 0.25) is 0 Å². The van der Waals surface area contributed by atoms with Crippen molar-refractivity contribution in [3.05, 3.63) is 65.7 Å². The summed E-state index contributed by atoms with van der Waals surface area (Å²) in [6.45, 7) is 5.21.